The Morgan fingerprint density at radius 1 is 1.16 bits per heavy atom. The second-order valence-corrected chi connectivity index (χ2v) is 7.72. The monoisotopic (exact) mass is 284 g/mol. The second-order valence-electron chi connectivity index (χ2n) is 5.31. The van der Waals surface area contributed by atoms with Crippen LogP contribution in [0.5, 0.6) is 0 Å². The number of benzene rings is 1. The molecule has 0 heterocycles. The summed E-state index contributed by atoms with van der Waals surface area (Å²) >= 11 is 0. The Hall–Kier alpha value is -0.910. The van der Waals surface area contributed by atoms with Crippen molar-refractivity contribution in [3.8, 4) is 0 Å². The first-order chi connectivity index (χ1) is 8.93. The molecule has 0 amide bonds. The molecule has 0 saturated heterocycles. The molecule has 1 aliphatic rings. The molecule has 19 heavy (non-hydrogen) atoms. The minimum atomic E-state index is -3.28. The maximum Gasteiger partial charge on any atom is 0.154 e. The van der Waals surface area contributed by atoms with Gasteiger partial charge in [-0.3, -0.25) is 0 Å². The smallest absolute Gasteiger partial charge is 0.154 e. The molecule has 2 N–H and O–H groups in total. The van der Waals surface area contributed by atoms with Crippen molar-refractivity contribution in [1.82, 2.24) is 0 Å². The molecule has 2 atom stereocenters. The van der Waals surface area contributed by atoms with E-state index < -0.39 is 20.5 Å². The van der Waals surface area contributed by atoms with Crippen molar-refractivity contribution in [2.75, 3.05) is 19.0 Å². The van der Waals surface area contributed by atoms with E-state index >= 15 is 0 Å². The maximum atomic E-state index is 12.1. The van der Waals surface area contributed by atoms with Crippen molar-refractivity contribution in [2.45, 2.75) is 25.0 Å². The van der Waals surface area contributed by atoms with E-state index in [9.17, 15) is 18.6 Å². The van der Waals surface area contributed by atoms with Crippen LogP contribution in [-0.2, 0) is 9.84 Å². The van der Waals surface area contributed by atoms with Crippen LogP contribution in [0.25, 0.3) is 0 Å². The third-order valence-electron chi connectivity index (χ3n) is 4.19. The highest BCUT2D eigenvalue weighted by Gasteiger charge is 2.69. The van der Waals surface area contributed by atoms with E-state index in [1.807, 2.05) is 31.2 Å². The lowest BCUT2D eigenvalue weighted by molar-refractivity contribution is 0.130. The van der Waals surface area contributed by atoms with Crippen LogP contribution in [-0.4, -0.2) is 42.8 Å². The van der Waals surface area contributed by atoms with Crippen LogP contribution in [0.1, 0.15) is 24.0 Å². The average Bonchev–Trinajstić information content (AvgIpc) is 3.10. The number of hydrogen-bond acceptors (Lipinski definition) is 4. The van der Waals surface area contributed by atoms with Gasteiger partial charge < -0.3 is 10.2 Å². The Morgan fingerprint density at radius 3 is 2.11 bits per heavy atom. The third-order valence-corrected chi connectivity index (χ3v) is 6.51. The number of hydrogen-bond donors (Lipinski definition) is 2. The SMILES string of the molecule is CCS(=O)(=O)[C@@H]1[C@H](c2ccc(C)cc2)C1(CO)CO. The summed E-state index contributed by atoms with van der Waals surface area (Å²) in [7, 11) is -3.28. The Labute approximate surface area is 114 Å². The van der Waals surface area contributed by atoms with Gasteiger partial charge in [-0.1, -0.05) is 36.8 Å². The molecule has 2 rings (SSSR count). The van der Waals surface area contributed by atoms with Crippen LogP contribution in [0.15, 0.2) is 24.3 Å². The number of aliphatic hydroxyl groups is 2. The van der Waals surface area contributed by atoms with Gasteiger partial charge in [0, 0.05) is 17.1 Å². The van der Waals surface area contributed by atoms with E-state index in [4.69, 9.17) is 0 Å². The maximum absolute atomic E-state index is 12.1. The molecular weight excluding hydrogens is 264 g/mol. The number of sulfone groups is 1. The van der Waals surface area contributed by atoms with Crippen molar-refractivity contribution in [3.63, 3.8) is 0 Å². The molecule has 106 valence electrons. The van der Waals surface area contributed by atoms with E-state index in [2.05, 4.69) is 0 Å². The summed E-state index contributed by atoms with van der Waals surface area (Å²) in [5.41, 5.74) is 1.04. The molecule has 0 radical (unpaired) electrons. The minimum Gasteiger partial charge on any atom is -0.396 e. The van der Waals surface area contributed by atoms with Gasteiger partial charge in [0.25, 0.3) is 0 Å². The van der Waals surface area contributed by atoms with Gasteiger partial charge >= 0.3 is 0 Å². The van der Waals surface area contributed by atoms with Gasteiger partial charge in [0.1, 0.15) is 0 Å². The molecule has 1 fully saturated rings. The molecule has 0 bridgehead atoms. The number of rotatable bonds is 5. The summed E-state index contributed by atoms with van der Waals surface area (Å²) < 4.78 is 24.2. The van der Waals surface area contributed by atoms with E-state index in [1.54, 1.807) is 6.92 Å². The third kappa shape index (κ3) is 2.20. The zero-order valence-corrected chi connectivity index (χ0v) is 12.0. The molecule has 0 spiro atoms. The zero-order valence-electron chi connectivity index (χ0n) is 11.2. The summed E-state index contributed by atoms with van der Waals surface area (Å²) in [6.07, 6.45) is 0. The molecule has 1 saturated carbocycles. The molecule has 1 aromatic carbocycles. The Bertz CT molecular complexity index is 543. The van der Waals surface area contributed by atoms with Gasteiger partial charge in [-0.15, -0.1) is 0 Å². The predicted octanol–water partition coefficient (Wildman–Crippen LogP) is 0.867. The molecule has 0 unspecified atom stereocenters. The lowest BCUT2D eigenvalue weighted by Crippen LogP contribution is -2.23. The van der Waals surface area contributed by atoms with Gasteiger partial charge in [-0.2, -0.15) is 0 Å². The van der Waals surface area contributed by atoms with Crippen molar-refractivity contribution < 1.29 is 18.6 Å². The summed E-state index contributed by atoms with van der Waals surface area (Å²) in [6, 6.07) is 7.60. The van der Waals surface area contributed by atoms with Crippen LogP contribution >= 0.6 is 0 Å². The predicted molar refractivity (Wildman–Crippen MR) is 73.8 cm³/mol. The van der Waals surface area contributed by atoms with Crippen LogP contribution in [0.2, 0.25) is 0 Å². The first kappa shape index (κ1) is 14.5. The lowest BCUT2D eigenvalue weighted by atomic mass is 10.00. The molecule has 1 aliphatic carbocycles. The van der Waals surface area contributed by atoms with E-state index in [1.165, 1.54) is 0 Å². The van der Waals surface area contributed by atoms with Crippen molar-refractivity contribution in [1.29, 1.82) is 0 Å². The summed E-state index contributed by atoms with van der Waals surface area (Å²) in [4.78, 5) is 0. The van der Waals surface area contributed by atoms with Gasteiger partial charge in [0.15, 0.2) is 9.84 Å². The Kier molecular flexibility index (Phi) is 3.73. The normalized spacial score (nSPS) is 25.3. The van der Waals surface area contributed by atoms with Gasteiger partial charge in [0.2, 0.25) is 0 Å². The molecule has 0 aromatic heterocycles. The summed E-state index contributed by atoms with van der Waals surface area (Å²) in [5, 5.41) is 18.4. The van der Waals surface area contributed by atoms with Crippen LogP contribution in [0.3, 0.4) is 0 Å². The fraction of sp³-hybridized carbons (Fsp3) is 0.571. The molecule has 1 aromatic rings. The van der Waals surface area contributed by atoms with Crippen molar-refractivity contribution in [3.05, 3.63) is 35.4 Å². The molecule has 0 aliphatic heterocycles. The van der Waals surface area contributed by atoms with Gasteiger partial charge in [-0.05, 0) is 12.5 Å². The molecule has 4 nitrogen and oxygen atoms in total. The Balaban J connectivity index is 2.42. The standard InChI is InChI=1S/C14H20O4S/c1-3-19(17,18)13-12(14(13,8-15)9-16)11-6-4-10(2)5-7-11/h4-7,12-13,15-16H,3,8-9H2,1-2H3/t12-,13+/m0/s1. The van der Waals surface area contributed by atoms with E-state index in [-0.39, 0.29) is 24.9 Å². The highest BCUT2D eigenvalue weighted by atomic mass is 32.2. The summed E-state index contributed by atoms with van der Waals surface area (Å²) in [5.74, 6) is -0.282. The van der Waals surface area contributed by atoms with Gasteiger partial charge in [-0.25, -0.2) is 8.42 Å². The van der Waals surface area contributed by atoms with Crippen LogP contribution in [0.4, 0.5) is 0 Å². The first-order valence-electron chi connectivity index (χ1n) is 6.43. The fourth-order valence-electron chi connectivity index (χ4n) is 2.90. The van der Waals surface area contributed by atoms with Crippen molar-refractivity contribution >= 4 is 9.84 Å². The van der Waals surface area contributed by atoms with Gasteiger partial charge in [0.05, 0.1) is 18.5 Å². The number of aliphatic hydroxyl groups excluding tert-OH is 2. The number of aryl methyl sites for hydroxylation is 1. The van der Waals surface area contributed by atoms with E-state index in [0.717, 1.165) is 11.1 Å². The first-order valence-corrected chi connectivity index (χ1v) is 8.14. The van der Waals surface area contributed by atoms with Crippen LogP contribution < -0.4 is 0 Å². The lowest BCUT2D eigenvalue weighted by Gasteiger charge is -2.10. The highest BCUT2D eigenvalue weighted by Crippen LogP contribution is 2.62. The summed E-state index contributed by atoms with van der Waals surface area (Å²) in [6.45, 7) is 2.93. The molecular formula is C14H20O4S. The fourth-order valence-corrected chi connectivity index (χ4v) is 5.04. The Morgan fingerprint density at radius 2 is 1.68 bits per heavy atom. The zero-order chi connectivity index (χ0) is 14.3. The quantitative estimate of drug-likeness (QED) is 0.841. The largest absolute Gasteiger partial charge is 0.396 e. The van der Waals surface area contributed by atoms with E-state index in [0.29, 0.717) is 0 Å². The topological polar surface area (TPSA) is 74.6 Å². The molecule has 5 heteroatoms. The van der Waals surface area contributed by atoms with Crippen LogP contribution in [0, 0.1) is 12.3 Å². The second kappa shape index (κ2) is 4.89. The minimum absolute atomic E-state index is 0.0295. The van der Waals surface area contributed by atoms with Crippen molar-refractivity contribution in [2.24, 2.45) is 5.41 Å². The average molecular weight is 284 g/mol. The highest BCUT2D eigenvalue weighted by molar-refractivity contribution is 7.92.